The van der Waals surface area contributed by atoms with Gasteiger partial charge in [0.15, 0.2) is 15.8 Å². The summed E-state index contributed by atoms with van der Waals surface area (Å²) >= 11 is 0. The molecule has 1 aliphatic heterocycles. The Kier molecular flexibility index (Phi) is 9.20. The summed E-state index contributed by atoms with van der Waals surface area (Å²) in [6.07, 6.45) is 3.76. The summed E-state index contributed by atoms with van der Waals surface area (Å²) in [4.78, 5) is 7.10. The Morgan fingerprint density at radius 1 is 1.28 bits per heavy atom. The Labute approximate surface area is 169 Å². The highest BCUT2D eigenvalue weighted by molar-refractivity contribution is 14.0. The first kappa shape index (κ1) is 22.2. The van der Waals surface area contributed by atoms with Gasteiger partial charge in [-0.25, -0.2) is 13.4 Å². The van der Waals surface area contributed by atoms with Crippen molar-refractivity contribution in [1.29, 1.82) is 0 Å². The molecule has 5 nitrogen and oxygen atoms in total. The van der Waals surface area contributed by atoms with Crippen LogP contribution in [0.4, 0.5) is 0 Å². The van der Waals surface area contributed by atoms with Crippen LogP contribution in [0.5, 0.6) is 0 Å². The molecular weight excluding hydrogens is 449 g/mol. The Hall–Kier alpha value is -0.830. The van der Waals surface area contributed by atoms with Crippen molar-refractivity contribution in [3.63, 3.8) is 0 Å². The second-order valence-corrected chi connectivity index (χ2v) is 8.89. The van der Waals surface area contributed by atoms with Crippen molar-refractivity contribution < 1.29 is 8.42 Å². The van der Waals surface area contributed by atoms with Gasteiger partial charge in [-0.2, -0.15) is 0 Å². The molecular formula is C18H30IN3O2S. The monoisotopic (exact) mass is 479 g/mol. The first-order valence-electron chi connectivity index (χ1n) is 8.66. The average Bonchev–Trinajstić information content (AvgIpc) is 2.51. The standard InChI is InChI=1S/C18H29N3O2S.HI/c1-4-19-18(21-11-5-6-15(2)13-21)20-12-16-7-9-17(10-8-16)14-24(3,22)23;/h7-10,15H,4-6,11-14H2,1-3H3,(H,19,20);1H. The van der Waals surface area contributed by atoms with Gasteiger partial charge in [0.1, 0.15) is 0 Å². The largest absolute Gasteiger partial charge is 0.357 e. The van der Waals surface area contributed by atoms with Gasteiger partial charge >= 0.3 is 0 Å². The molecule has 1 N–H and O–H groups in total. The molecule has 25 heavy (non-hydrogen) atoms. The fraction of sp³-hybridized carbons (Fsp3) is 0.611. The highest BCUT2D eigenvalue weighted by atomic mass is 127. The molecule has 0 aromatic heterocycles. The van der Waals surface area contributed by atoms with Crippen molar-refractivity contribution in [2.24, 2.45) is 10.9 Å². The fourth-order valence-corrected chi connectivity index (χ4v) is 3.82. The van der Waals surface area contributed by atoms with Crippen LogP contribution in [0.25, 0.3) is 0 Å². The molecule has 0 saturated carbocycles. The van der Waals surface area contributed by atoms with Gasteiger partial charge in [-0.05, 0) is 36.8 Å². The van der Waals surface area contributed by atoms with E-state index in [0.717, 1.165) is 36.7 Å². The molecule has 1 heterocycles. The second-order valence-electron chi connectivity index (χ2n) is 6.75. The molecule has 2 rings (SSSR count). The van der Waals surface area contributed by atoms with E-state index in [-0.39, 0.29) is 29.7 Å². The molecule has 1 atom stereocenters. The summed E-state index contributed by atoms with van der Waals surface area (Å²) in [5.74, 6) is 1.77. The number of piperidine rings is 1. The lowest BCUT2D eigenvalue weighted by atomic mass is 10.0. The lowest BCUT2D eigenvalue weighted by molar-refractivity contribution is 0.266. The number of hydrogen-bond donors (Lipinski definition) is 1. The molecule has 7 heteroatoms. The van der Waals surface area contributed by atoms with Gasteiger partial charge < -0.3 is 10.2 Å². The van der Waals surface area contributed by atoms with E-state index < -0.39 is 9.84 Å². The fourth-order valence-electron chi connectivity index (χ4n) is 3.02. The Morgan fingerprint density at radius 3 is 2.48 bits per heavy atom. The Morgan fingerprint density at radius 2 is 1.92 bits per heavy atom. The number of likely N-dealkylation sites (tertiary alicyclic amines) is 1. The predicted molar refractivity (Wildman–Crippen MR) is 115 cm³/mol. The number of sulfone groups is 1. The van der Waals surface area contributed by atoms with E-state index in [4.69, 9.17) is 4.99 Å². The van der Waals surface area contributed by atoms with Crippen molar-refractivity contribution in [2.45, 2.75) is 39.0 Å². The summed E-state index contributed by atoms with van der Waals surface area (Å²) in [6, 6.07) is 7.68. The van der Waals surface area contributed by atoms with Crippen LogP contribution < -0.4 is 5.32 Å². The van der Waals surface area contributed by atoms with Crippen LogP contribution in [0.15, 0.2) is 29.3 Å². The minimum Gasteiger partial charge on any atom is -0.357 e. The van der Waals surface area contributed by atoms with E-state index in [9.17, 15) is 8.42 Å². The molecule has 1 fully saturated rings. The average molecular weight is 479 g/mol. The smallest absolute Gasteiger partial charge is 0.194 e. The van der Waals surface area contributed by atoms with Crippen molar-refractivity contribution in [2.75, 3.05) is 25.9 Å². The van der Waals surface area contributed by atoms with Crippen LogP contribution in [0.1, 0.15) is 37.8 Å². The third-order valence-corrected chi connectivity index (χ3v) is 5.01. The molecule has 1 aromatic rings. The van der Waals surface area contributed by atoms with Crippen molar-refractivity contribution in [3.05, 3.63) is 35.4 Å². The number of guanidine groups is 1. The number of hydrogen-bond acceptors (Lipinski definition) is 3. The van der Waals surface area contributed by atoms with Crippen LogP contribution in [-0.2, 0) is 22.1 Å². The maximum Gasteiger partial charge on any atom is 0.194 e. The van der Waals surface area contributed by atoms with E-state index in [1.807, 2.05) is 24.3 Å². The van der Waals surface area contributed by atoms with E-state index in [1.54, 1.807) is 0 Å². The maximum atomic E-state index is 11.3. The Balaban J connectivity index is 0.00000312. The van der Waals surface area contributed by atoms with Crippen LogP contribution in [-0.4, -0.2) is 45.2 Å². The number of aliphatic imine (C=N–C) groups is 1. The molecule has 1 aliphatic rings. The minimum absolute atomic E-state index is 0. The Bertz CT molecular complexity index is 659. The molecule has 0 radical (unpaired) electrons. The lowest BCUT2D eigenvalue weighted by Gasteiger charge is -2.33. The first-order valence-corrected chi connectivity index (χ1v) is 10.7. The topological polar surface area (TPSA) is 61.8 Å². The maximum absolute atomic E-state index is 11.3. The molecule has 0 aliphatic carbocycles. The number of nitrogens with zero attached hydrogens (tertiary/aromatic N) is 2. The molecule has 142 valence electrons. The van der Waals surface area contributed by atoms with Crippen molar-refractivity contribution >= 4 is 39.8 Å². The predicted octanol–water partition coefficient (Wildman–Crippen LogP) is 3.05. The summed E-state index contributed by atoms with van der Waals surface area (Å²) < 4.78 is 22.7. The van der Waals surface area contributed by atoms with Crippen LogP contribution in [0.3, 0.4) is 0 Å². The number of benzene rings is 1. The molecule has 0 amide bonds. The summed E-state index contributed by atoms with van der Waals surface area (Å²) in [5, 5.41) is 3.38. The third kappa shape index (κ3) is 7.94. The van der Waals surface area contributed by atoms with Gasteiger partial charge in [-0.3, -0.25) is 0 Å². The SMILES string of the molecule is CCNC(=NCc1ccc(CS(C)(=O)=O)cc1)N1CCCC(C)C1.I. The number of rotatable bonds is 5. The zero-order chi connectivity index (χ0) is 17.6. The molecule has 0 spiro atoms. The van der Waals surface area contributed by atoms with Crippen molar-refractivity contribution in [3.8, 4) is 0 Å². The minimum atomic E-state index is -2.99. The second kappa shape index (κ2) is 10.4. The molecule has 1 unspecified atom stereocenters. The highest BCUT2D eigenvalue weighted by Crippen LogP contribution is 2.16. The van der Waals surface area contributed by atoms with E-state index in [2.05, 4.69) is 24.1 Å². The van der Waals surface area contributed by atoms with Gasteiger partial charge in [0.05, 0.1) is 12.3 Å². The van der Waals surface area contributed by atoms with Crippen LogP contribution in [0, 0.1) is 5.92 Å². The number of halogens is 1. The quantitative estimate of drug-likeness (QED) is 0.401. The van der Waals surface area contributed by atoms with Crippen LogP contribution in [0.2, 0.25) is 0 Å². The van der Waals surface area contributed by atoms with Crippen molar-refractivity contribution in [1.82, 2.24) is 10.2 Å². The summed E-state index contributed by atoms with van der Waals surface area (Å²) in [5.41, 5.74) is 1.91. The molecule has 1 aromatic carbocycles. The van der Waals surface area contributed by atoms with Gasteiger partial charge in [0.2, 0.25) is 0 Å². The molecule has 1 saturated heterocycles. The van der Waals surface area contributed by atoms with Gasteiger partial charge in [0, 0.05) is 25.9 Å². The van der Waals surface area contributed by atoms with Gasteiger partial charge in [0.25, 0.3) is 0 Å². The zero-order valence-electron chi connectivity index (χ0n) is 15.4. The van der Waals surface area contributed by atoms with Gasteiger partial charge in [-0.1, -0.05) is 31.2 Å². The summed E-state index contributed by atoms with van der Waals surface area (Å²) in [7, 11) is -2.99. The third-order valence-electron chi connectivity index (χ3n) is 4.15. The van der Waals surface area contributed by atoms with E-state index >= 15 is 0 Å². The van der Waals surface area contributed by atoms with E-state index in [1.165, 1.54) is 19.1 Å². The lowest BCUT2D eigenvalue weighted by Crippen LogP contribution is -2.46. The summed E-state index contributed by atoms with van der Waals surface area (Å²) in [6.45, 7) is 7.95. The number of nitrogens with one attached hydrogen (secondary N) is 1. The highest BCUT2D eigenvalue weighted by Gasteiger charge is 2.18. The van der Waals surface area contributed by atoms with Crippen LogP contribution >= 0.6 is 24.0 Å². The normalized spacial score (nSPS) is 18.6. The first-order chi connectivity index (χ1) is 11.4. The van der Waals surface area contributed by atoms with E-state index in [0.29, 0.717) is 12.5 Å². The zero-order valence-corrected chi connectivity index (χ0v) is 18.5. The molecule has 0 bridgehead atoms. The van der Waals surface area contributed by atoms with Gasteiger partial charge in [-0.15, -0.1) is 24.0 Å².